The van der Waals surface area contributed by atoms with E-state index in [-0.39, 0.29) is 34.9 Å². The van der Waals surface area contributed by atoms with Crippen LogP contribution in [0.15, 0.2) is 34.2 Å². The number of benzene rings is 1. The SMILES string of the molecule is CC(=O)N1CCc2c(sc3nc(SCC(=O)Nc4ccccc4F)n(C[C@@H]4CCCO4)c(=O)c23)C1. The van der Waals surface area contributed by atoms with Crippen LogP contribution in [0.25, 0.3) is 10.2 Å². The topological polar surface area (TPSA) is 93.5 Å². The standard InChI is InChI=1S/C24H25FN4O4S2/c1-14(30)28-9-8-16-19(12-28)35-22-21(16)23(32)29(11-15-5-4-10-33-15)24(27-22)34-13-20(31)26-18-7-3-2-6-17(18)25/h2-3,6-7,15H,4-5,8-13H2,1H3,(H,26,31)/t15-/m0/s1. The van der Waals surface area contributed by atoms with E-state index in [0.717, 1.165) is 35.0 Å². The van der Waals surface area contributed by atoms with Gasteiger partial charge in [0.05, 0.1) is 36.0 Å². The Hall–Kier alpha value is -2.76. The number of thiophene rings is 1. The van der Waals surface area contributed by atoms with E-state index in [4.69, 9.17) is 9.72 Å². The van der Waals surface area contributed by atoms with Gasteiger partial charge in [-0.1, -0.05) is 23.9 Å². The molecule has 1 fully saturated rings. The maximum Gasteiger partial charge on any atom is 0.263 e. The summed E-state index contributed by atoms with van der Waals surface area (Å²) in [4.78, 5) is 46.2. The van der Waals surface area contributed by atoms with Crippen molar-refractivity contribution in [1.29, 1.82) is 0 Å². The van der Waals surface area contributed by atoms with Gasteiger partial charge in [-0.05, 0) is 37.0 Å². The fourth-order valence-electron chi connectivity index (χ4n) is 4.47. The number of para-hydroxylation sites is 1. The Kier molecular flexibility index (Phi) is 6.90. The lowest BCUT2D eigenvalue weighted by Crippen LogP contribution is -2.34. The summed E-state index contributed by atoms with van der Waals surface area (Å²) in [7, 11) is 0. The minimum absolute atomic E-state index is 0.00830. The summed E-state index contributed by atoms with van der Waals surface area (Å²) in [6.45, 7) is 3.63. The third-order valence-corrected chi connectivity index (χ3v) is 8.35. The highest BCUT2D eigenvalue weighted by Crippen LogP contribution is 2.34. The highest BCUT2D eigenvalue weighted by Gasteiger charge is 2.27. The van der Waals surface area contributed by atoms with Gasteiger partial charge < -0.3 is 15.0 Å². The molecule has 0 saturated carbocycles. The molecule has 1 saturated heterocycles. The molecule has 11 heteroatoms. The predicted octanol–water partition coefficient (Wildman–Crippen LogP) is 3.41. The van der Waals surface area contributed by atoms with Crippen LogP contribution in [0.1, 0.15) is 30.2 Å². The average molecular weight is 517 g/mol. The van der Waals surface area contributed by atoms with E-state index in [1.54, 1.807) is 28.5 Å². The van der Waals surface area contributed by atoms with Gasteiger partial charge >= 0.3 is 0 Å². The number of nitrogens with zero attached hydrogens (tertiary/aromatic N) is 3. The number of rotatable bonds is 6. The lowest BCUT2D eigenvalue weighted by Gasteiger charge is -2.25. The van der Waals surface area contributed by atoms with E-state index in [1.165, 1.54) is 23.5 Å². The van der Waals surface area contributed by atoms with Crippen LogP contribution in [0, 0.1) is 5.82 Å². The van der Waals surface area contributed by atoms with E-state index < -0.39 is 5.82 Å². The molecule has 35 heavy (non-hydrogen) atoms. The van der Waals surface area contributed by atoms with Crippen LogP contribution in [0.2, 0.25) is 0 Å². The highest BCUT2D eigenvalue weighted by molar-refractivity contribution is 7.99. The molecular formula is C24H25FN4O4S2. The molecule has 2 amide bonds. The highest BCUT2D eigenvalue weighted by atomic mass is 32.2. The van der Waals surface area contributed by atoms with E-state index >= 15 is 0 Å². The second-order valence-corrected chi connectivity index (χ2v) is 10.7. The Morgan fingerprint density at radius 3 is 2.91 bits per heavy atom. The number of hydrogen-bond acceptors (Lipinski definition) is 7. The molecule has 0 unspecified atom stereocenters. The summed E-state index contributed by atoms with van der Waals surface area (Å²) in [6.07, 6.45) is 2.33. The Morgan fingerprint density at radius 2 is 2.17 bits per heavy atom. The summed E-state index contributed by atoms with van der Waals surface area (Å²) >= 11 is 2.57. The second-order valence-electron chi connectivity index (χ2n) is 8.64. The van der Waals surface area contributed by atoms with Crippen molar-refractivity contribution in [1.82, 2.24) is 14.5 Å². The summed E-state index contributed by atoms with van der Waals surface area (Å²) in [6, 6.07) is 5.98. The zero-order valence-electron chi connectivity index (χ0n) is 19.2. The fourth-order valence-corrected chi connectivity index (χ4v) is 6.55. The minimum Gasteiger partial charge on any atom is -0.376 e. The summed E-state index contributed by atoms with van der Waals surface area (Å²) in [5, 5.41) is 3.61. The quantitative estimate of drug-likeness (QED) is 0.399. The zero-order chi connectivity index (χ0) is 24.5. The Bertz CT molecular complexity index is 1350. The molecule has 1 aromatic carbocycles. The first-order valence-corrected chi connectivity index (χ1v) is 13.3. The van der Waals surface area contributed by atoms with Crippen LogP contribution in [0.4, 0.5) is 10.1 Å². The smallest absolute Gasteiger partial charge is 0.263 e. The first-order valence-electron chi connectivity index (χ1n) is 11.5. The lowest BCUT2D eigenvalue weighted by atomic mass is 10.1. The molecular weight excluding hydrogens is 491 g/mol. The normalized spacial score (nSPS) is 17.5. The summed E-state index contributed by atoms with van der Waals surface area (Å²) in [5.41, 5.74) is 0.936. The molecule has 0 aliphatic carbocycles. The number of hydrogen-bond donors (Lipinski definition) is 1. The van der Waals surface area contributed by atoms with Crippen LogP contribution < -0.4 is 10.9 Å². The van der Waals surface area contributed by atoms with Gasteiger partial charge in [-0.2, -0.15) is 0 Å². The fraction of sp³-hybridized carbons (Fsp3) is 0.417. The summed E-state index contributed by atoms with van der Waals surface area (Å²) in [5.74, 6) is -0.916. The van der Waals surface area contributed by atoms with Gasteiger partial charge in [-0.15, -0.1) is 11.3 Å². The molecule has 8 nitrogen and oxygen atoms in total. The Balaban J connectivity index is 1.45. The van der Waals surface area contributed by atoms with E-state index in [0.29, 0.717) is 48.0 Å². The molecule has 184 valence electrons. The first-order chi connectivity index (χ1) is 16.9. The number of anilines is 1. The number of ether oxygens (including phenoxy) is 1. The monoisotopic (exact) mass is 516 g/mol. The van der Waals surface area contributed by atoms with Crippen molar-refractivity contribution < 1.29 is 18.7 Å². The average Bonchev–Trinajstić information content (AvgIpc) is 3.48. The number of fused-ring (bicyclic) bond motifs is 3. The minimum atomic E-state index is -0.510. The van der Waals surface area contributed by atoms with Crippen molar-refractivity contribution in [3.05, 3.63) is 50.9 Å². The molecule has 5 rings (SSSR count). The molecule has 0 bridgehead atoms. The largest absolute Gasteiger partial charge is 0.376 e. The molecule has 1 atom stereocenters. The van der Waals surface area contributed by atoms with Crippen LogP contribution in [-0.4, -0.2) is 51.3 Å². The third kappa shape index (κ3) is 4.98. The van der Waals surface area contributed by atoms with E-state index in [9.17, 15) is 18.8 Å². The van der Waals surface area contributed by atoms with Crippen molar-refractivity contribution >= 4 is 50.8 Å². The molecule has 2 aromatic heterocycles. The molecule has 1 N–H and O–H groups in total. The predicted molar refractivity (Wildman–Crippen MR) is 133 cm³/mol. The number of nitrogens with one attached hydrogen (secondary N) is 1. The number of thioether (sulfide) groups is 1. The number of amides is 2. The summed E-state index contributed by atoms with van der Waals surface area (Å²) < 4.78 is 21.3. The van der Waals surface area contributed by atoms with Crippen molar-refractivity contribution in [3.8, 4) is 0 Å². The van der Waals surface area contributed by atoms with Gasteiger partial charge in [-0.25, -0.2) is 9.37 Å². The molecule has 2 aliphatic heterocycles. The van der Waals surface area contributed by atoms with Crippen molar-refractivity contribution in [2.75, 3.05) is 24.2 Å². The van der Waals surface area contributed by atoms with Crippen molar-refractivity contribution in [2.24, 2.45) is 0 Å². The van der Waals surface area contributed by atoms with Crippen molar-refractivity contribution in [3.63, 3.8) is 0 Å². The third-order valence-electron chi connectivity index (χ3n) is 6.26. The Labute approximate surface area is 209 Å². The maximum atomic E-state index is 13.9. The Morgan fingerprint density at radius 1 is 1.34 bits per heavy atom. The first kappa shape index (κ1) is 24.0. The van der Waals surface area contributed by atoms with Gasteiger partial charge in [0, 0.05) is 25.0 Å². The molecule has 0 radical (unpaired) electrons. The van der Waals surface area contributed by atoms with Gasteiger partial charge in [0.25, 0.3) is 5.56 Å². The maximum absolute atomic E-state index is 13.9. The molecule has 3 aromatic rings. The van der Waals surface area contributed by atoms with E-state index in [2.05, 4.69) is 5.32 Å². The number of halogens is 1. The lowest BCUT2D eigenvalue weighted by molar-refractivity contribution is -0.129. The van der Waals surface area contributed by atoms with Gasteiger partial charge in [0.1, 0.15) is 10.6 Å². The van der Waals surface area contributed by atoms with E-state index in [1.807, 2.05) is 0 Å². The van der Waals surface area contributed by atoms with Crippen LogP contribution in [-0.2, 0) is 33.8 Å². The van der Waals surface area contributed by atoms with Crippen LogP contribution >= 0.6 is 23.1 Å². The zero-order valence-corrected chi connectivity index (χ0v) is 20.8. The molecule has 4 heterocycles. The van der Waals surface area contributed by atoms with Gasteiger partial charge in [0.2, 0.25) is 11.8 Å². The van der Waals surface area contributed by atoms with Crippen molar-refractivity contribution in [2.45, 2.75) is 50.5 Å². The van der Waals surface area contributed by atoms with Gasteiger partial charge in [-0.3, -0.25) is 19.0 Å². The van der Waals surface area contributed by atoms with Crippen LogP contribution in [0.5, 0.6) is 0 Å². The number of aromatic nitrogens is 2. The molecule has 0 spiro atoms. The second kappa shape index (κ2) is 10.1. The van der Waals surface area contributed by atoms with Gasteiger partial charge in [0.15, 0.2) is 5.16 Å². The number of carbonyl (C=O) groups excluding carboxylic acids is 2. The number of carbonyl (C=O) groups is 2. The van der Waals surface area contributed by atoms with Crippen LogP contribution in [0.3, 0.4) is 0 Å². The molecule has 2 aliphatic rings.